The van der Waals surface area contributed by atoms with Gasteiger partial charge in [0, 0.05) is 0 Å². The first-order chi connectivity index (χ1) is 10.9. The highest BCUT2D eigenvalue weighted by atomic mass is 19.2. The molecule has 23 heavy (non-hydrogen) atoms. The van der Waals surface area contributed by atoms with Crippen LogP contribution in [0.15, 0.2) is 36.4 Å². The third kappa shape index (κ3) is 4.01. The number of urea groups is 1. The van der Waals surface area contributed by atoms with Crippen molar-refractivity contribution in [3.63, 3.8) is 0 Å². The molecule has 0 saturated heterocycles. The predicted molar refractivity (Wildman–Crippen MR) is 78.0 cm³/mol. The lowest BCUT2D eigenvalue weighted by molar-refractivity contribution is 0.249. The van der Waals surface area contributed by atoms with Crippen molar-refractivity contribution >= 4 is 11.7 Å². The first kappa shape index (κ1) is 16.4. The van der Waals surface area contributed by atoms with Gasteiger partial charge >= 0.3 is 6.03 Å². The number of nitrogens with one attached hydrogen (secondary N) is 2. The van der Waals surface area contributed by atoms with Gasteiger partial charge in [0.25, 0.3) is 0 Å². The van der Waals surface area contributed by atoms with E-state index in [1.165, 1.54) is 12.1 Å². The van der Waals surface area contributed by atoms with Crippen LogP contribution in [0.4, 0.5) is 23.7 Å². The second kappa shape index (κ2) is 6.83. The van der Waals surface area contributed by atoms with Crippen molar-refractivity contribution in [3.05, 3.63) is 65.0 Å². The number of carbonyl (C=O) groups is 1. The highest BCUT2D eigenvalue weighted by Gasteiger charge is 2.13. The summed E-state index contributed by atoms with van der Waals surface area (Å²) in [6.07, 6.45) is 0. The minimum absolute atomic E-state index is 0.0272. The maximum atomic E-state index is 13.2. The van der Waals surface area contributed by atoms with Crippen LogP contribution in [0.25, 0.3) is 0 Å². The van der Waals surface area contributed by atoms with Gasteiger partial charge in [0.05, 0.1) is 17.3 Å². The van der Waals surface area contributed by atoms with Crippen molar-refractivity contribution in [1.29, 1.82) is 5.26 Å². The van der Waals surface area contributed by atoms with Crippen LogP contribution in [0.2, 0.25) is 0 Å². The second-order valence-electron chi connectivity index (χ2n) is 4.80. The zero-order valence-electron chi connectivity index (χ0n) is 12.0. The fourth-order valence-corrected chi connectivity index (χ4v) is 1.94. The number of anilines is 1. The Bertz CT molecular complexity index is 787. The van der Waals surface area contributed by atoms with Crippen LogP contribution in [0.3, 0.4) is 0 Å². The number of hydrogen-bond donors (Lipinski definition) is 2. The summed E-state index contributed by atoms with van der Waals surface area (Å²) in [5.74, 6) is -2.58. The Morgan fingerprint density at radius 2 is 1.87 bits per heavy atom. The van der Waals surface area contributed by atoms with Gasteiger partial charge in [0.2, 0.25) is 0 Å². The largest absolute Gasteiger partial charge is 0.331 e. The maximum Gasteiger partial charge on any atom is 0.319 e. The van der Waals surface area contributed by atoms with E-state index in [4.69, 9.17) is 5.26 Å². The average molecular weight is 319 g/mol. The molecule has 0 fully saturated rings. The van der Waals surface area contributed by atoms with Crippen molar-refractivity contribution in [1.82, 2.24) is 5.32 Å². The third-order valence-corrected chi connectivity index (χ3v) is 3.14. The highest BCUT2D eigenvalue weighted by Crippen LogP contribution is 2.18. The lowest BCUT2D eigenvalue weighted by Gasteiger charge is -2.15. The predicted octanol–water partition coefficient (Wildman–Crippen LogP) is 3.86. The van der Waals surface area contributed by atoms with E-state index < -0.39 is 29.5 Å². The highest BCUT2D eigenvalue weighted by molar-refractivity contribution is 5.91. The summed E-state index contributed by atoms with van der Waals surface area (Å²) < 4.78 is 39.1. The van der Waals surface area contributed by atoms with Gasteiger partial charge in [-0.2, -0.15) is 5.26 Å². The van der Waals surface area contributed by atoms with E-state index in [2.05, 4.69) is 10.6 Å². The smallest absolute Gasteiger partial charge is 0.319 e. The first-order valence-corrected chi connectivity index (χ1v) is 6.63. The Kier molecular flexibility index (Phi) is 4.86. The average Bonchev–Trinajstić information content (AvgIpc) is 2.51. The van der Waals surface area contributed by atoms with Crippen LogP contribution in [-0.2, 0) is 0 Å². The van der Waals surface area contributed by atoms with E-state index in [1.54, 1.807) is 13.0 Å². The molecule has 2 amide bonds. The minimum atomic E-state index is -1.01. The monoisotopic (exact) mass is 319 g/mol. The Balaban J connectivity index is 2.07. The first-order valence-electron chi connectivity index (χ1n) is 6.63. The van der Waals surface area contributed by atoms with Crippen molar-refractivity contribution in [3.8, 4) is 6.07 Å². The molecule has 0 aliphatic heterocycles. The topological polar surface area (TPSA) is 64.9 Å². The molecule has 1 unspecified atom stereocenters. The number of hydrogen-bond acceptors (Lipinski definition) is 2. The summed E-state index contributed by atoms with van der Waals surface area (Å²) in [6, 6.07) is 7.17. The van der Waals surface area contributed by atoms with E-state index >= 15 is 0 Å². The van der Waals surface area contributed by atoms with Gasteiger partial charge in [-0.15, -0.1) is 0 Å². The number of halogens is 3. The van der Waals surface area contributed by atoms with Gasteiger partial charge in [-0.1, -0.05) is 6.07 Å². The number of benzene rings is 2. The van der Waals surface area contributed by atoms with Gasteiger partial charge in [-0.05, 0) is 42.8 Å². The van der Waals surface area contributed by atoms with Crippen LogP contribution in [0.1, 0.15) is 24.1 Å². The summed E-state index contributed by atoms with van der Waals surface area (Å²) in [5.41, 5.74) is 0.489. The van der Waals surface area contributed by atoms with Gasteiger partial charge in [-0.25, -0.2) is 18.0 Å². The molecule has 2 N–H and O–H groups in total. The van der Waals surface area contributed by atoms with Crippen molar-refractivity contribution in [2.75, 3.05) is 5.32 Å². The molecule has 1 atom stereocenters. The van der Waals surface area contributed by atoms with Crippen LogP contribution in [0.5, 0.6) is 0 Å². The number of rotatable bonds is 3. The molecule has 4 nitrogen and oxygen atoms in total. The van der Waals surface area contributed by atoms with Gasteiger partial charge in [0.15, 0.2) is 11.6 Å². The Labute approximate surface area is 130 Å². The van der Waals surface area contributed by atoms with E-state index in [9.17, 15) is 18.0 Å². The van der Waals surface area contributed by atoms with Crippen molar-refractivity contribution < 1.29 is 18.0 Å². The SMILES string of the molecule is CC(NC(=O)Nc1ccc(F)cc1C#N)c1ccc(F)c(F)c1. The maximum absolute atomic E-state index is 13.2. The number of carbonyl (C=O) groups excluding carboxylic acids is 1. The lowest BCUT2D eigenvalue weighted by atomic mass is 10.1. The van der Waals surface area contributed by atoms with Gasteiger partial charge in [0.1, 0.15) is 11.9 Å². The molecule has 0 aromatic heterocycles. The molecule has 7 heteroatoms. The summed E-state index contributed by atoms with van der Waals surface area (Å²) in [5, 5.41) is 13.8. The molecule has 0 saturated carbocycles. The molecule has 0 spiro atoms. The zero-order chi connectivity index (χ0) is 17.0. The van der Waals surface area contributed by atoms with E-state index in [0.717, 1.165) is 24.3 Å². The van der Waals surface area contributed by atoms with E-state index in [0.29, 0.717) is 5.56 Å². The molecule has 0 heterocycles. The second-order valence-corrected chi connectivity index (χ2v) is 4.80. The summed E-state index contributed by atoms with van der Waals surface area (Å²) in [6.45, 7) is 1.59. The molecule has 2 aromatic carbocycles. The molecule has 0 aliphatic rings. The summed E-state index contributed by atoms with van der Waals surface area (Å²) >= 11 is 0. The number of amides is 2. The minimum Gasteiger partial charge on any atom is -0.331 e. The lowest BCUT2D eigenvalue weighted by Crippen LogP contribution is -2.31. The van der Waals surface area contributed by atoms with Crippen LogP contribution in [-0.4, -0.2) is 6.03 Å². The molecule has 0 bridgehead atoms. The normalized spacial score (nSPS) is 11.4. The van der Waals surface area contributed by atoms with Crippen molar-refractivity contribution in [2.24, 2.45) is 0 Å². The fourth-order valence-electron chi connectivity index (χ4n) is 1.94. The summed E-state index contributed by atoms with van der Waals surface area (Å²) in [4.78, 5) is 11.9. The Hall–Kier alpha value is -3.01. The van der Waals surface area contributed by atoms with E-state index in [-0.39, 0.29) is 11.3 Å². The Morgan fingerprint density at radius 1 is 1.13 bits per heavy atom. The quantitative estimate of drug-likeness (QED) is 0.902. The van der Waals surface area contributed by atoms with Crippen LogP contribution in [0, 0.1) is 28.8 Å². The number of nitrogens with zero attached hydrogens (tertiary/aromatic N) is 1. The standard InChI is InChI=1S/C16H12F3N3O/c1-9(10-2-4-13(18)14(19)7-10)21-16(23)22-15-5-3-12(17)6-11(15)8-20/h2-7,9H,1H3,(H2,21,22,23). The number of nitriles is 1. The molecule has 2 rings (SSSR count). The van der Waals surface area contributed by atoms with Gasteiger partial charge < -0.3 is 10.6 Å². The molecule has 0 aliphatic carbocycles. The van der Waals surface area contributed by atoms with E-state index in [1.807, 2.05) is 0 Å². The molecule has 0 radical (unpaired) electrons. The molecule has 118 valence electrons. The zero-order valence-corrected chi connectivity index (χ0v) is 12.0. The molecular formula is C16H12F3N3O. The fraction of sp³-hybridized carbons (Fsp3) is 0.125. The van der Waals surface area contributed by atoms with Crippen LogP contribution < -0.4 is 10.6 Å². The van der Waals surface area contributed by atoms with Gasteiger partial charge in [-0.3, -0.25) is 0 Å². The van der Waals surface area contributed by atoms with Crippen LogP contribution >= 0.6 is 0 Å². The summed E-state index contributed by atoms with van der Waals surface area (Å²) in [7, 11) is 0. The van der Waals surface area contributed by atoms with Crippen molar-refractivity contribution in [2.45, 2.75) is 13.0 Å². The molecular weight excluding hydrogens is 307 g/mol. The third-order valence-electron chi connectivity index (χ3n) is 3.14. The Morgan fingerprint density at radius 3 is 2.52 bits per heavy atom. The molecule has 2 aromatic rings.